The number of aromatic nitrogens is 1. The molecule has 0 unspecified atom stereocenters. The molecule has 3 heterocycles. The van der Waals surface area contributed by atoms with Crippen LogP contribution in [0.25, 0.3) is 0 Å². The lowest BCUT2D eigenvalue weighted by molar-refractivity contribution is -0.135. The molecule has 0 saturated carbocycles. The van der Waals surface area contributed by atoms with Crippen LogP contribution >= 0.6 is 43.5 Å². The number of likely N-dealkylation sites (tertiary alicyclic amines) is 2. The summed E-state index contributed by atoms with van der Waals surface area (Å²) in [4.78, 5) is 34.3. The van der Waals surface area contributed by atoms with Crippen molar-refractivity contribution < 1.29 is 9.59 Å². The fourth-order valence-corrected chi connectivity index (χ4v) is 8.06. The van der Waals surface area contributed by atoms with Gasteiger partial charge in [-0.2, -0.15) is 0 Å². The SMILES string of the molecule is NCCC(=O)N1CCC(CC(=O)N2CCC([C@H]3c4ncc(Br)cc4CCc4cc(Cl)cc(Br)c43)CC2)CC1. The van der Waals surface area contributed by atoms with E-state index in [2.05, 4.69) is 48.9 Å². The van der Waals surface area contributed by atoms with E-state index in [1.54, 1.807) is 0 Å². The summed E-state index contributed by atoms with van der Waals surface area (Å²) in [5.41, 5.74) is 10.6. The Hall–Kier alpha value is -1.48. The molecule has 1 aromatic carbocycles. The Balaban J connectivity index is 1.26. The highest BCUT2D eigenvalue weighted by Crippen LogP contribution is 2.46. The van der Waals surface area contributed by atoms with Crippen molar-refractivity contribution in [2.45, 2.75) is 57.3 Å². The quantitative estimate of drug-likeness (QED) is 0.444. The Morgan fingerprint density at radius 3 is 2.32 bits per heavy atom. The van der Waals surface area contributed by atoms with Gasteiger partial charge in [-0.3, -0.25) is 14.6 Å². The summed E-state index contributed by atoms with van der Waals surface area (Å²) >= 11 is 13.9. The molecule has 0 bridgehead atoms. The van der Waals surface area contributed by atoms with Gasteiger partial charge in [-0.25, -0.2) is 0 Å². The normalized spacial score (nSPS) is 20.6. The lowest BCUT2D eigenvalue weighted by Crippen LogP contribution is -2.43. The van der Waals surface area contributed by atoms with Gasteiger partial charge in [0, 0.05) is 71.6 Å². The largest absolute Gasteiger partial charge is 0.343 e. The van der Waals surface area contributed by atoms with Gasteiger partial charge < -0.3 is 15.5 Å². The Labute approximate surface area is 246 Å². The lowest BCUT2D eigenvalue weighted by Gasteiger charge is -2.38. The van der Waals surface area contributed by atoms with E-state index >= 15 is 0 Å². The predicted octanol–water partition coefficient (Wildman–Crippen LogP) is 5.71. The van der Waals surface area contributed by atoms with E-state index in [9.17, 15) is 9.59 Å². The van der Waals surface area contributed by atoms with Crippen LogP contribution in [0.15, 0.2) is 33.3 Å². The molecular weight excluding hydrogens is 632 g/mol. The third-order valence-electron chi connectivity index (χ3n) is 8.57. The van der Waals surface area contributed by atoms with Crippen molar-refractivity contribution in [2.75, 3.05) is 32.7 Å². The molecule has 6 nitrogen and oxygen atoms in total. The molecule has 2 saturated heterocycles. The molecule has 3 aliphatic rings. The predicted molar refractivity (Wildman–Crippen MR) is 157 cm³/mol. The van der Waals surface area contributed by atoms with Gasteiger partial charge in [0.1, 0.15) is 0 Å². The van der Waals surface area contributed by atoms with Crippen LogP contribution in [0.5, 0.6) is 0 Å². The average Bonchev–Trinajstić information content (AvgIpc) is 3.06. The molecule has 2 N–H and O–H groups in total. The van der Waals surface area contributed by atoms with Gasteiger partial charge in [0.05, 0.1) is 5.69 Å². The molecule has 1 aromatic heterocycles. The number of halogens is 3. The van der Waals surface area contributed by atoms with Crippen LogP contribution < -0.4 is 5.73 Å². The van der Waals surface area contributed by atoms with Crippen LogP contribution in [0.4, 0.5) is 0 Å². The van der Waals surface area contributed by atoms with E-state index in [0.717, 1.165) is 84.4 Å². The molecule has 5 rings (SSSR count). The maximum atomic E-state index is 13.2. The number of nitrogens with two attached hydrogens (primary N) is 1. The number of amides is 2. The number of fused-ring (bicyclic) bond motifs is 2. The smallest absolute Gasteiger partial charge is 0.223 e. The summed E-state index contributed by atoms with van der Waals surface area (Å²) in [6, 6.07) is 6.33. The van der Waals surface area contributed by atoms with Crippen LogP contribution in [0.3, 0.4) is 0 Å². The molecule has 1 atom stereocenters. The highest BCUT2D eigenvalue weighted by molar-refractivity contribution is 9.10. The Bertz CT molecular complexity index is 1190. The minimum atomic E-state index is 0.136. The van der Waals surface area contributed by atoms with E-state index in [-0.39, 0.29) is 17.7 Å². The number of carbonyl (C=O) groups excluding carboxylic acids is 2. The Morgan fingerprint density at radius 1 is 0.947 bits per heavy atom. The van der Waals surface area contributed by atoms with E-state index in [1.165, 1.54) is 16.7 Å². The van der Waals surface area contributed by atoms with Crippen LogP contribution in [0, 0.1) is 11.8 Å². The topological polar surface area (TPSA) is 79.5 Å². The van der Waals surface area contributed by atoms with Crippen molar-refractivity contribution in [2.24, 2.45) is 17.6 Å². The number of nitrogens with zero attached hydrogens (tertiary/aromatic N) is 3. The molecule has 0 spiro atoms. The molecule has 0 radical (unpaired) electrons. The first kappa shape index (κ1) is 28.1. The van der Waals surface area contributed by atoms with E-state index in [4.69, 9.17) is 22.3 Å². The Morgan fingerprint density at radius 2 is 1.61 bits per heavy atom. The fourth-order valence-electron chi connectivity index (χ4n) is 6.56. The summed E-state index contributed by atoms with van der Waals surface area (Å²) in [6.07, 6.45) is 8.47. The van der Waals surface area contributed by atoms with Gasteiger partial charge in [-0.1, -0.05) is 27.5 Å². The number of benzene rings is 1. The number of carbonyl (C=O) groups is 2. The Kier molecular flexibility index (Phi) is 9.13. The van der Waals surface area contributed by atoms with Crippen molar-refractivity contribution in [3.05, 3.63) is 60.7 Å². The zero-order chi connectivity index (χ0) is 26.8. The van der Waals surface area contributed by atoms with Crippen LogP contribution in [-0.4, -0.2) is 59.3 Å². The average molecular weight is 667 g/mol. The van der Waals surface area contributed by atoms with Gasteiger partial charge in [0.15, 0.2) is 0 Å². The van der Waals surface area contributed by atoms with Crippen molar-refractivity contribution in [3.8, 4) is 0 Å². The van der Waals surface area contributed by atoms with Crippen LogP contribution in [-0.2, 0) is 22.4 Å². The summed E-state index contributed by atoms with van der Waals surface area (Å²) in [7, 11) is 0. The second-order valence-corrected chi connectivity index (χ2v) is 13.1. The van der Waals surface area contributed by atoms with E-state index < -0.39 is 0 Å². The number of pyridine rings is 1. The fraction of sp³-hybridized carbons (Fsp3) is 0.552. The number of hydrogen-bond acceptors (Lipinski definition) is 4. The summed E-state index contributed by atoms with van der Waals surface area (Å²) in [6.45, 7) is 3.42. The minimum absolute atomic E-state index is 0.136. The first-order chi connectivity index (χ1) is 18.3. The maximum Gasteiger partial charge on any atom is 0.223 e. The van der Waals surface area contributed by atoms with Crippen molar-refractivity contribution in [1.82, 2.24) is 14.8 Å². The number of rotatable bonds is 5. The molecule has 2 fully saturated rings. The van der Waals surface area contributed by atoms with Crippen molar-refractivity contribution in [3.63, 3.8) is 0 Å². The third kappa shape index (κ3) is 6.13. The highest BCUT2D eigenvalue weighted by atomic mass is 79.9. The monoisotopic (exact) mass is 664 g/mol. The molecule has 1 aliphatic carbocycles. The molecular formula is C29H35Br2ClN4O2. The number of hydrogen-bond donors (Lipinski definition) is 1. The molecule has 2 amide bonds. The standard InChI is InChI=1S/C29H35Br2ClN4O2/c30-22-14-21-2-1-20-15-23(32)16-24(31)27(20)28(29(21)34-17-22)19-6-11-36(12-7-19)26(38)13-18-4-9-35(10-5-18)25(37)3-8-33/h14-19,28H,1-13,33H2/t28-/m1/s1. The second kappa shape index (κ2) is 12.4. The van der Waals surface area contributed by atoms with Crippen LogP contribution in [0.2, 0.25) is 5.02 Å². The first-order valence-corrected chi connectivity index (χ1v) is 15.7. The minimum Gasteiger partial charge on any atom is -0.343 e. The zero-order valence-electron chi connectivity index (χ0n) is 21.6. The van der Waals surface area contributed by atoms with Crippen LogP contribution in [0.1, 0.15) is 66.8 Å². The highest BCUT2D eigenvalue weighted by Gasteiger charge is 2.36. The number of aryl methyl sites for hydroxylation is 2. The zero-order valence-corrected chi connectivity index (χ0v) is 25.5. The molecule has 2 aliphatic heterocycles. The first-order valence-electron chi connectivity index (χ1n) is 13.7. The molecule has 9 heteroatoms. The summed E-state index contributed by atoms with van der Waals surface area (Å²) < 4.78 is 2.06. The van der Waals surface area contributed by atoms with Gasteiger partial charge in [-0.15, -0.1) is 0 Å². The number of piperidine rings is 2. The third-order valence-corrected chi connectivity index (χ3v) is 9.88. The maximum absolute atomic E-state index is 13.2. The van der Waals surface area contributed by atoms with Crippen molar-refractivity contribution in [1.29, 1.82) is 0 Å². The van der Waals surface area contributed by atoms with Crippen molar-refractivity contribution >= 4 is 55.3 Å². The van der Waals surface area contributed by atoms with Gasteiger partial charge in [-0.05, 0) is 101 Å². The molecule has 2 aromatic rings. The summed E-state index contributed by atoms with van der Waals surface area (Å²) in [5.74, 6) is 1.32. The molecule has 38 heavy (non-hydrogen) atoms. The molecule has 204 valence electrons. The van der Waals surface area contributed by atoms with E-state index in [0.29, 0.717) is 31.2 Å². The second-order valence-electron chi connectivity index (χ2n) is 10.9. The van der Waals surface area contributed by atoms with Gasteiger partial charge in [0.2, 0.25) is 11.8 Å². The van der Waals surface area contributed by atoms with Gasteiger partial charge in [0.25, 0.3) is 0 Å². The lowest BCUT2D eigenvalue weighted by atomic mass is 9.76. The summed E-state index contributed by atoms with van der Waals surface area (Å²) in [5, 5.41) is 0.754. The van der Waals surface area contributed by atoms with E-state index in [1.807, 2.05) is 17.2 Å². The van der Waals surface area contributed by atoms with Gasteiger partial charge >= 0.3 is 0 Å².